The van der Waals surface area contributed by atoms with Crippen LogP contribution in [0.4, 0.5) is 8.78 Å². The van der Waals surface area contributed by atoms with Gasteiger partial charge >= 0.3 is 11.9 Å². The van der Waals surface area contributed by atoms with Crippen LogP contribution in [0.3, 0.4) is 0 Å². The molecule has 16 atom stereocenters. The Morgan fingerprint density at radius 2 is 0.931 bits per heavy atom. The van der Waals surface area contributed by atoms with Gasteiger partial charge in [-0.2, -0.15) is 0 Å². The Morgan fingerprint density at radius 1 is 0.583 bits per heavy atom. The van der Waals surface area contributed by atoms with Crippen molar-refractivity contribution in [2.75, 3.05) is 13.2 Å². The first-order valence-corrected chi connectivity index (χ1v) is 25.4. The highest BCUT2D eigenvalue weighted by molar-refractivity contribution is 6.02. The Hall–Kier alpha value is -5.28. The number of carbonyl (C=O) groups is 6. The largest absolute Gasteiger partial charge is 0.446 e. The maximum Gasteiger partial charge on any atom is 0.339 e. The zero-order valence-electron chi connectivity index (χ0n) is 41.7. The van der Waals surface area contributed by atoms with E-state index >= 15 is 8.78 Å². The van der Waals surface area contributed by atoms with E-state index in [2.05, 4.69) is 0 Å². The first kappa shape index (κ1) is 51.6. The summed E-state index contributed by atoms with van der Waals surface area (Å²) in [5.41, 5.74) is -10.1. The molecule has 0 bridgehead atoms. The van der Waals surface area contributed by atoms with E-state index < -0.39 is 117 Å². The van der Waals surface area contributed by atoms with E-state index in [9.17, 15) is 49.2 Å². The molecule has 8 aliphatic carbocycles. The van der Waals surface area contributed by atoms with Gasteiger partial charge in [0.05, 0.1) is 23.3 Å². The number of rotatable bonds is 8. The van der Waals surface area contributed by atoms with E-state index in [-0.39, 0.29) is 47.4 Å². The minimum atomic E-state index is -2.06. The van der Waals surface area contributed by atoms with Crippen LogP contribution in [0, 0.1) is 57.2 Å². The van der Waals surface area contributed by atoms with E-state index in [1.807, 2.05) is 0 Å². The van der Waals surface area contributed by atoms with Crippen LogP contribution in [-0.4, -0.2) is 103 Å². The third kappa shape index (κ3) is 6.79. The summed E-state index contributed by atoms with van der Waals surface area (Å²) in [6.45, 7) is 9.01. The molecule has 12 nitrogen and oxygen atoms in total. The molecule has 4 N–H and O–H groups in total. The number of Topliss-reactive ketones (excluding diaryl/α,β-unsaturated/α-hetero) is 2. The molecule has 2 aromatic rings. The van der Waals surface area contributed by atoms with Crippen LogP contribution in [-0.2, 0) is 28.7 Å². The van der Waals surface area contributed by atoms with Crippen molar-refractivity contribution in [2.24, 2.45) is 57.2 Å². The first-order chi connectivity index (χ1) is 33.9. The zero-order chi connectivity index (χ0) is 52.2. The molecule has 10 rings (SSSR count). The third-order valence-corrected chi connectivity index (χ3v) is 20.0. The van der Waals surface area contributed by atoms with Crippen LogP contribution in [0.25, 0.3) is 0 Å². The SMILES string of the molecule is C[C@H]1C[C@H]2[C@@H]3CCC4=CC(=O)C=C[C@]4(C)[C@@]3(F)[C@@H](O)C[C@]2(C)[C@@]1(OC(=O)c1ccccc1)C(=O)CO.C[C@H]1C[C@H]2[C@@H]3CCC4=CC(=O)C=C[C@]4(C)[C@@]3(F)[C@@H](O)C[C@]2(C)[C@@]1(OC(=O)c1ccccc1)C(=O)CO. The summed E-state index contributed by atoms with van der Waals surface area (Å²) in [5.74, 6) is -6.03. The molecule has 0 radical (unpaired) electrons. The maximum atomic E-state index is 17.4. The maximum absolute atomic E-state index is 17.4. The quantitative estimate of drug-likeness (QED) is 0.190. The summed E-state index contributed by atoms with van der Waals surface area (Å²) in [7, 11) is 0. The lowest BCUT2D eigenvalue weighted by atomic mass is 9.44. The summed E-state index contributed by atoms with van der Waals surface area (Å²) in [6, 6.07) is 16.7. The molecule has 0 spiro atoms. The lowest BCUT2D eigenvalue weighted by Crippen LogP contribution is -2.70. The van der Waals surface area contributed by atoms with Gasteiger partial charge in [-0.05, 0) is 126 Å². The Labute approximate surface area is 418 Å². The van der Waals surface area contributed by atoms with Crippen molar-refractivity contribution in [3.63, 3.8) is 0 Å². The number of ether oxygens (including phenoxy) is 2. The second-order valence-electron chi connectivity index (χ2n) is 22.9. The van der Waals surface area contributed by atoms with Gasteiger partial charge in [0.1, 0.15) is 13.2 Å². The van der Waals surface area contributed by atoms with E-state index in [1.165, 1.54) is 24.3 Å². The normalized spacial score (nSPS) is 43.2. The molecule has 6 fully saturated rings. The smallest absolute Gasteiger partial charge is 0.339 e. The van der Waals surface area contributed by atoms with Gasteiger partial charge in [0.2, 0.25) is 11.6 Å². The number of hydrogen-bond acceptors (Lipinski definition) is 12. The number of aliphatic hydroxyl groups excluding tert-OH is 4. The highest BCUT2D eigenvalue weighted by Gasteiger charge is 2.79. The average molecular weight is 993 g/mol. The second kappa shape index (κ2) is 17.7. The lowest BCUT2D eigenvalue weighted by molar-refractivity contribution is -0.219. The minimum Gasteiger partial charge on any atom is -0.446 e. The molecule has 8 aliphatic rings. The fourth-order valence-corrected chi connectivity index (χ4v) is 16.6. The predicted octanol–water partition coefficient (Wildman–Crippen LogP) is 7.52. The molecular formula is C58H66F2O12. The molecule has 14 heteroatoms. The highest BCUT2D eigenvalue weighted by atomic mass is 19.1. The van der Waals surface area contributed by atoms with Crippen LogP contribution in [0.1, 0.15) is 114 Å². The van der Waals surface area contributed by atoms with Gasteiger partial charge in [-0.3, -0.25) is 19.2 Å². The summed E-state index contributed by atoms with van der Waals surface area (Å²) in [5, 5.41) is 43.1. The molecular weight excluding hydrogens is 927 g/mol. The number of carbonyl (C=O) groups excluding carboxylic acids is 6. The van der Waals surface area contributed by atoms with Gasteiger partial charge in [-0.1, -0.05) is 87.4 Å². The molecule has 6 saturated carbocycles. The van der Waals surface area contributed by atoms with Gasteiger partial charge in [0.15, 0.2) is 34.1 Å². The van der Waals surface area contributed by atoms with Crippen LogP contribution >= 0.6 is 0 Å². The van der Waals surface area contributed by atoms with Gasteiger partial charge in [-0.15, -0.1) is 0 Å². The summed E-state index contributed by atoms with van der Waals surface area (Å²) >= 11 is 0. The summed E-state index contributed by atoms with van der Waals surface area (Å²) < 4.78 is 46.9. The van der Waals surface area contributed by atoms with Gasteiger partial charge in [-0.25, -0.2) is 18.4 Å². The number of esters is 2. The molecule has 0 amide bonds. The topological polar surface area (TPSA) is 202 Å². The molecule has 72 heavy (non-hydrogen) atoms. The number of halogens is 2. The molecule has 0 unspecified atom stereocenters. The average Bonchev–Trinajstić information content (AvgIpc) is 3.71. The summed E-state index contributed by atoms with van der Waals surface area (Å²) in [4.78, 5) is 77.5. The van der Waals surface area contributed by atoms with Gasteiger partial charge < -0.3 is 29.9 Å². The second-order valence-corrected chi connectivity index (χ2v) is 22.9. The molecule has 384 valence electrons. The van der Waals surface area contributed by atoms with Crippen molar-refractivity contribution in [3.8, 4) is 0 Å². The summed E-state index contributed by atoms with van der Waals surface area (Å²) in [6.07, 6.45) is 8.32. The monoisotopic (exact) mass is 992 g/mol. The number of aliphatic hydroxyl groups is 4. The first-order valence-electron chi connectivity index (χ1n) is 25.4. The predicted molar refractivity (Wildman–Crippen MR) is 259 cm³/mol. The fraction of sp³-hybridized carbons (Fsp3) is 0.552. The standard InChI is InChI=1S/2C29H33FO6/c2*1-17-13-22-21-10-9-19-14-20(32)11-12-26(19,2)28(21,30)23(33)15-27(22,3)29(17,24(34)16-31)36-25(35)18-7-5-4-6-8-18/h2*4-8,11-12,14,17,21-23,31,33H,9-10,13,15-16H2,1-3H3/t2*17-,21-,22-,23-,26-,27-,28-,29-/m00/s1. The molecule has 0 saturated heterocycles. The Balaban J connectivity index is 0.000000178. The van der Waals surface area contributed by atoms with E-state index in [0.717, 1.165) is 0 Å². The number of ketones is 4. The van der Waals surface area contributed by atoms with E-state index in [0.29, 0.717) is 49.7 Å². The van der Waals surface area contributed by atoms with Crippen molar-refractivity contribution < 1.29 is 67.4 Å². The Kier molecular flexibility index (Phi) is 12.7. The van der Waals surface area contributed by atoms with Crippen molar-refractivity contribution in [3.05, 3.63) is 119 Å². The number of benzene rings is 2. The van der Waals surface area contributed by atoms with Crippen molar-refractivity contribution in [2.45, 2.75) is 128 Å². The number of hydrogen-bond donors (Lipinski definition) is 4. The van der Waals surface area contributed by atoms with Crippen LogP contribution in [0.15, 0.2) is 108 Å². The molecule has 0 heterocycles. The minimum absolute atomic E-state index is 0.118. The lowest BCUT2D eigenvalue weighted by Gasteiger charge is -2.62. The Bertz CT molecular complexity index is 2530. The van der Waals surface area contributed by atoms with Crippen molar-refractivity contribution in [1.82, 2.24) is 0 Å². The van der Waals surface area contributed by atoms with Crippen LogP contribution in [0.5, 0.6) is 0 Å². The molecule has 0 aromatic heterocycles. The van der Waals surface area contributed by atoms with Crippen molar-refractivity contribution >= 4 is 35.1 Å². The van der Waals surface area contributed by atoms with Gasteiger partial charge in [0.25, 0.3) is 0 Å². The van der Waals surface area contributed by atoms with Crippen molar-refractivity contribution in [1.29, 1.82) is 0 Å². The fourth-order valence-electron chi connectivity index (χ4n) is 16.6. The number of fused-ring (bicyclic) bond motifs is 10. The third-order valence-electron chi connectivity index (χ3n) is 20.0. The Morgan fingerprint density at radius 3 is 1.26 bits per heavy atom. The van der Waals surface area contributed by atoms with Crippen LogP contribution in [0.2, 0.25) is 0 Å². The zero-order valence-corrected chi connectivity index (χ0v) is 41.7. The molecule has 2 aromatic carbocycles. The number of alkyl halides is 2. The number of allylic oxidation sites excluding steroid dienone is 8. The van der Waals surface area contributed by atoms with E-state index in [4.69, 9.17) is 9.47 Å². The molecule has 0 aliphatic heterocycles. The van der Waals surface area contributed by atoms with E-state index in [1.54, 1.807) is 114 Å². The highest BCUT2D eigenvalue weighted by Crippen LogP contribution is 2.73. The van der Waals surface area contributed by atoms with Gasteiger partial charge in [0, 0.05) is 45.3 Å². The van der Waals surface area contributed by atoms with Crippen LogP contribution < -0.4 is 0 Å².